The quantitative estimate of drug-likeness (QED) is 0.546. The number of carbonyl (C=O) groups excluding carboxylic acids is 1. The predicted octanol–water partition coefficient (Wildman–Crippen LogP) is 3.23. The van der Waals surface area contributed by atoms with Crippen molar-refractivity contribution >= 4 is 22.7 Å². The molecule has 1 aromatic carbocycles. The molecule has 3 aromatic heterocycles. The summed E-state index contributed by atoms with van der Waals surface area (Å²) >= 11 is 0. The lowest BCUT2D eigenvalue weighted by molar-refractivity contribution is 0.0969. The molecule has 4 heterocycles. The molecular weight excluding hydrogens is 346 g/mol. The fraction of sp³-hybridized carbons (Fsp3) is 0.100. The van der Waals surface area contributed by atoms with E-state index in [-0.39, 0.29) is 16.8 Å². The van der Waals surface area contributed by atoms with Crippen LogP contribution < -0.4 is 10.3 Å². The molecule has 0 saturated heterocycles. The summed E-state index contributed by atoms with van der Waals surface area (Å²) in [6.45, 7) is 1.73. The van der Waals surface area contributed by atoms with E-state index in [9.17, 15) is 9.59 Å². The van der Waals surface area contributed by atoms with Gasteiger partial charge in [0, 0.05) is 12.3 Å². The number of hydrogen-bond donors (Lipinski definition) is 0. The van der Waals surface area contributed by atoms with Gasteiger partial charge in [-0.05, 0) is 31.2 Å². The van der Waals surface area contributed by atoms with Crippen LogP contribution in [0.2, 0.25) is 0 Å². The molecule has 27 heavy (non-hydrogen) atoms. The molecule has 4 aromatic rings. The Bertz CT molecular complexity index is 1240. The van der Waals surface area contributed by atoms with E-state index in [1.54, 1.807) is 61.7 Å². The van der Waals surface area contributed by atoms with Crippen LogP contribution in [0.3, 0.4) is 0 Å². The topological polar surface area (TPSA) is 89.4 Å². The second kappa shape index (κ2) is 5.63. The highest BCUT2D eigenvalue weighted by atomic mass is 16.5. The Morgan fingerprint density at radius 1 is 1.07 bits per heavy atom. The van der Waals surface area contributed by atoms with Gasteiger partial charge in [-0.15, -0.1) is 0 Å². The van der Waals surface area contributed by atoms with Crippen LogP contribution >= 0.6 is 0 Å². The Balaban J connectivity index is 1.84. The highest BCUT2D eigenvalue weighted by Crippen LogP contribution is 2.40. The zero-order valence-corrected chi connectivity index (χ0v) is 14.2. The van der Waals surface area contributed by atoms with Crippen molar-refractivity contribution in [2.75, 3.05) is 4.90 Å². The molecule has 1 amide bonds. The van der Waals surface area contributed by atoms with Gasteiger partial charge in [-0.2, -0.15) is 0 Å². The number of carbonyl (C=O) groups is 1. The first kappa shape index (κ1) is 15.5. The summed E-state index contributed by atoms with van der Waals surface area (Å²) in [5.41, 5.74) is 0.928. The van der Waals surface area contributed by atoms with Gasteiger partial charge in [-0.25, -0.2) is 0 Å². The average molecular weight is 359 g/mol. The lowest BCUT2D eigenvalue weighted by Crippen LogP contribution is -2.30. The number of amides is 1. The monoisotopic (exact) mass is 359 g/mol. The maximum absolute atomic E-state index is 13.2. The molecule has 0 bridgehead atoms. The molecular formula is C20H13N3O4. The van der Waals surface area contributed by atoms with Crippen molar-refractivity contribution in [1.82, 2.24) is 10.1 Å². The summed E-state index contributed by atoms with van der Waals surface area (Å²) in [7, 11) is 0. The standard InChI is InChI=1S/C20H13N3O4/c1-11-10-15(22-27-11)23-17(13-7-4-5-9-21-13)16-18(24)12-6-2-3-8-14(12)26-19(16)20(23)25/h2-10,17H,1H3. The lowest BCUT2D eigenvalue weighted by Gasteiger charge is -2.21. The van der Waals surface area contributed by atoms with Gasteiger partial charge in [-0.1, -0.05) is 23.4 Å². The van der Waals surface area contributed by atoms with Crippen molar-refractivity contribution in [3.63, 3.8) is 0 Å². The largest absolute Gasteiger partial charge is 0.450 e. The third-order valence-corrected chi connectivity index (χ3v) is 4.61. The fourth-order valence-corrected chi connectivity index (χ4v) is 3.44. The van der Waals surface area contributed by atoms with E-state index in [2.05, 4.69) is 10.1 Å². The number of rotatable bonds is 2. The SMILES string of the molecule is Cc1cc(N2C(=O)c3oc4ccccc4c(=O)c3C2c2ccccn2)no1. The first-order valence-electron chi connectivity index (χ1n) is 8.38. The summed E-state index contributed by atoms with van der Waals surface area (Å²) in [6, 6.07) is 13.1. The van der Waals surface area contributed by atoms with Crippen molar-refractivity contribution in [3.8, 4) is 0 Å². The third kappa shape index (κ3) is 2.21. The maximum atomic E-state index is 13.2. The number of para-hydroxylation sites is 1. The molecule has 0 saturated carbocycles. The van der Waals surface area contributed by atoms with E-state index in [1.165, 1.54) is 4.90 Å². The zero-order valence-electron chi connectivity index (χ0n) is 14.2. The lowest BCUT2D eigenvalue weighted by atomic mass is 10.0. The van der Waals surface area contributed by atoms with Gasteiger partial charge < -0.3 is 8.94 Å². The second-order valence-corrected chi connectivity index (χ2v) is 6.30. The molecule has 0 aliphatic carbocycles. The number of fused-ring (bicyclic) bond motifs is 2. The molecule has 1 unspecified atom stereocenters. The average Bonchev–Trinajstić information content (AvgIpc) is 3.24. The fourth-order valence-electron chi connectivity index (χ4n) is 3.44. The number of pyridine rings is 1. The summed E-state index contributed by atoms with van der Waals surface area (Å²) < 4.78 is 11.0. The highest BCUT2D eigenvalue weighted by Gasteiger charge is 2.45. The molecule has 1 aliphatic heterocycles. The number of aromatic nitrogens is 2. The summed E-state index contributed by atoms with van der Waals surface area (Å²) in [6.07, 6.45) is 1.62. The molecule has 0 radical (unpaired) electrons. The van der Waals surface area contributed by atoms with E-state index in [0.717, 1.165) is 0 Å². The van der Waals surface area contributed by atoms with Gasteiger partial charge in [-0.3, -0.25) is 19.5 Å². The third-order valence-electron chi connectivity index (χ3n) is 4.61. The number of nitrogens with zero attached hydrogens (tertiary/aromatic N) is 3. The van der Waals surface area contributed by atoms with E-state index in [0.29, 0.717) is 28.2 Å². The van der Waals surface area contributed by atoms with Crippen LogP contribution in [0.5, 0.6) is 0 Å². The van der Waals surface area contributed by atoms with Crippen LogP contribution in [0.15, 0.2) is 68.5 Å². The van der Waals surface area contributed by atoms with Crippen LogP contribution in [-0.4, -0.2) is 16.0 Å². The van der Waals surface area contributed by atoms with Gasteiger partial charge in [0.1, 0.15) is 17.4 Å². The van der Waals surface area contributed by atoms with Crippen LogP contribution in [0, 0.1) is 6.92 Å². The molecule has 7 nitrogen and oxygen atoms in total. The van der Waals surface area contributed by atoms with Crippen molar-refractivity contribution < 1.29 is 13.7 Å². The summed E-state index contributed by atoms with van der Waals surface area (Å²) in [5.74, 6) is 0.424. The minimum absolute atomic E-state index is 0.00926. The Hall–Kier alpha value is -3.74. The first-order chi connectivity index (χ1) is 13.1. The first-order valence-corrected chi connectivity index (χ1v) is 8.38. The molecule has 0 fully saturated rings. The number of aryl methyl sites for hydroxylation is 1. The summed E-state index contributed by atoms with van der Waals surface area (Å²) in [4.78, 5) is 32.2. The van der Waals surface area contributed by atoms with Crippen LogP contribution in [0.25, 0.3) is 11.0 Å². The van der Waals surface area contributed by atoms with Gasteiger partial charge in [0.25, 0.3) is 5.91 Å². The number of hydrogen-bond acceptors (Lipinski definition) is 6. The van der Waals surface area contributed by atoms with Crippen molar-refractivity contribution in [3.05, 3.63) is 87.7 Å². The van der Waals surface area contributed by atoms with Crippen LogP contribution in [0.1, 0.15) is 33.6 Å². The minimum Gasteiger partial charge on any atom is -0.450 e. The van der Waals surface area contributed by atoms with Gasteiger partial charge in [0.15, 0.2) is 11.2 Å². The van der Waals surface area contributed by atoms with Crippen LogP contribution in [-0.2, 0) is 0 Å². The molecule has 1 atom stereocenters. The molecule has 1 aliphatic rings. The van der Waals surface area contributed by atoms with E-state index < -0.39 is 11.9 Å². The smallest absolute Gasteiger partial charge is 0.296 e. The molecule has 7 heteroatoms. The Kier molecular flexibility index (Phi) is 3.24. The van der Waals surface area contributed by atoms with E-state index in [1.807, 2.05) is 0 Å². The molecule has 5 rings (SSSR count). The van der Waals surface area contributed by atoms with E-state index >= 15 is 0 Å². The Morgan fingerprint density at radius 3 is 2.63 bits per heavy atom. The van der Waals surface area contributed by atoms with Crippen LogP contribution in [0.4, 0.5) is 5.82 Å². The predicted molar refractivity (Wildman–Crippen MR) is 96.6 cm³/mol. The number of benzene rings is 1. The second-order valence-electron chi connectivity index (χ2n) is 6.30. The normalized spacial score (nSPS) is 16.1. The zero-order chi connectivity index (χ0) is 18.5. The van der Waals surface area contributed by atoms with Gasteiger partial charge in [0.05, 0.1) is 16.6 Å². The Morgan fingerprint density at radius 2 is 1.89 bits per heavy atom. The number of anilines is 1. The molecule has 0 N–H and O–H groups in total. The van der Waals surface area contributed by atoms with Crippen molar-refractivity contribution in [2.24, 2.45) is 0 Å². The maximum Gasteiger partial charge on any atom is 0.296 e. The Labute approximate surface area is 152 Å². The van der Waals surface area contributed by atoms with Crippen molar-refractivity contribution in [1.29, 1.82) is 0 Å². The molecule has 132 valence electrons. The van der Waals surface area contributed by atoms with E-state index in [4.69, 9.17) is 8.94 Å². The minimum atomic E-state index is -0.737. The van der Waals surface area contributed by atoms with Crippen molar-refractivity contribution in [2.45, 2.75) is 13.0 Å². The highest BCUT2D eigenvalue weighted by molar-refractivity contribution is 6.10. The van der Waals surface area contributed by atoms with Gasteiger partial charge in [0.2, 0.25) is 5.76 Å². The summed E-state index contributed by atoms with van der Waals surface area (Å²) in [5, 5.41) is 4.38. The van der Waals surface area contributed by atoms with Gasteiger partial charge >= 0.3 is 0 Å². The molecule has 0 spiro atoms.